The smallest absolute Gasteiger partial charge is 0.301 e. The van der Waals surface area contributed by atoms with E-state index in [1.807, 2.05) is 0 Å². The highest BCUT2D eigenvalue weighted by Gasteiger charge is 2.31. The summed E-state index contributed by atoms with van der Waals surface area (Å²) in [6.45, 7) is 4.03. The topological polar surface area (TPSA) is 84.7 Å². The Labute approximate surface area is 117 Å². The Morgan fingerprint density at radius 1 is 1.35 bits per heavy atom. The van der Waals surface area contributed by atoms with E-state index in [4.69, 9.17) is 10.5 Å². The van der Waals surface area contributed by atoms with Gasteiger partial charge in [0, 0.05) is 18.8 Å². The van der Waals surface area contributed by atoms with E-state index in [0.717, 1.165) is 6.07 Å². The normalized spacial score (nSPS) is 24.6. The quantitative estimate of drug-likeness (QED) is 0.821. The number of nitrogens with two attached hydrogens (primary N) is 1. The lowest BCUT2D eigenvalue weighted by Crippen LogP contribution is -2.50. The predicted octanol–water partition coefficient (Wildman–Crippen LogP) is 1.17. The van der Waals surface area contributed by atoms with E-state index < -0.39 is 16.0 Å². The van der Waals surface area contributed by atoms with Crippen LogP contribution in [0.1, 0.15) is 13.8 Å². The molecule has 0 amide bonds. The maximum absolute atomic E-state index is 13.6. The Morgan fingerprint density at radius 2 is 1.95 bits per heavy atom. The molecule has 0 spiro atoms. The van der Waals surface area contributed by atoms with Crippen LogP contribution in [0.4, 0.5) is 15.8 Å². The summed E-state index contributed by atoms with van der Waals surface area (Å²) in [5.41, 5.74) is 5.66. The third kappa shape index (κ3) is 3.38. The van der Waals surface area contributed by atoms with Gasteiger partial charge in [-0.05, 0) is 32.0 Å². The fraction of sp³-hybridized carbons (Fsp3) is 0.500. The van der Waals surface area contributed by atoms with Crippen LogP contribution < -0.4 is 10.5 Å². The minimum atomic E-state index is -3.83. The van der Waals surface area contributed by atoms with E-state index in [0.29, 0.717) is 0 Å². The van der Waals surface area contributed by atoms with Crippen LogP contribution in [0.5, 0.6) is 0 Å². The molecule has 3 N–H and O–H groups in total. The summed E-state index contributed by atoms with van der Waals surface area (Å²) >= 11 is 0. The zero-order valence-electron chi connectivity index (χ0n) is 11.3. The summed E-state index contributed by atoms with van der Waals surface area (Å²) in [4.78, 5) is 0. The average molecular weight is 303 g/mol. The molecule has 0 bridgehead atoms. The molecule has 112 valence electrons. The van der Waals surface area contributed by atoms with Crippen molar-refractivity contribution < 1.29 is 17.5 Å². The Bertz CT molecular complexity index is 584. The highest BCUT2D eigenvalue weighted by molar-refractivity contribution is 7.90. The Kier molecular flexibility index (Phi) is 4.17. The van der Waals surface area contributed by atoms with Crippen LogP contribution in [0, 0.1) is 5.82 Å². The maximum Gasteiger partial charge on any atom is 0.301 e. The SMILES string of the molecule is CC1CN(S(=O)(=O)Nc2cc(N)ccc2F)CC(C)O1. The van der Waals surface area contributed by atoms with E-state index in [-0.39, 0.29) is 36.7 Å². The number of hydrogen-bond donors (Lipinski definition) is 2. The van der Waals surface area contributed by atoms with Gasteiger partial charge in [-0.25, -0.2) is 4.39 Å². The van der Waals surface area contributed by atoms with Gasteiger partial charge in [-0.2, -0.15) is 12.7 Å². The molecule has 1 fully saturated rings. The minimum Gasteiger partial charge on any atom is -0.399 e. The van der Waals surface area contributed by atoms with Gasteiger partial charge in [0.05, 0.1) is 17.9 Å². The number of benzene rings is 1. The second-order valence-electron chi connectivity index (χ2n) is 4.92. The first-order valence-electron chi connectivity index (χ1n) is 6.26. The summed E-state index contributed by atoms with van der Waals surface area (Å²) in [6.07, 6.45) is -0.415. The predicted molar refractivity (Wildman–Crippen MR) is 74.9 cm³/mol. The number of nitrogens with one attached hydrogen (secondary N) is 1. The van der Waals surface area contributed by atoms with Crippen LogP contribution in [-0.4, -0.2) is 38.0 Å². The molecule has 20 heavy (non-hydrogen) atoms. The molecular weight excluding hydrogens is 285 g/mol. The van der Waals surface area contributed by atoms with Crippen molar-refractivity contribution in [3.8, 4) is 0 Å². The zero-order chi connectivity index (χ0) is 14.9. The number of nitrogen functional groups attached to an aromatic ring is 1. The van der Waals surface area contributed by atoms with Crippen molar-refractivity contribution in [3.63, 3.8) is 0 Å². The lowest BCUT2D eigenvalue weighted by molar-refractivity contribution is -0.0439. The lowest BCUT2D eigenvalue weighted by Gasteiger charge is -2.34. The van der Waals surface area contributed by atoms with Gasteiger partial charge < -0.3 is 10.5 Å². The van der Waals surface area contributed by atoms with Gasteiger partial charge in [0.1, 0.15) is 5.82 Å². The number of morpholine rings is 1. The molecule has 1 aliphatic rings. The molecule has 0 radical (unpaired) electrons. The van der Waals surface area contributed by atoms with Gasteiger partial charge in [-0.3, -0.25) is 4.72 Å². The van der Waals surface area contributed by atoms with Crippen LogP contribution in [0.25, 0.3) is 0 Å². The number of anilines is 2. The molecule has 0 saturated carbocycles. The van der Waals surface area contributed by atoms with Crippen LogP contribution >= 0.6 is 0 Å². The molecule has 1 aliphatic heterocycles. The zero-order valence-corrected chi connectivity index (χ0v) is 12.2. The molecule has 1 heterocycles. The Balaban J connectivity index is 2.20. The number of ether oxygens (including phenoxy) is 1. The van der Waals surface area contributed by atoms with Crippen molar-refractivity contribution in [2.24, 2.45) is 0 Å². The van der Waals surface area contributed by atoms with Crippen LogP contribution in [0.3, 0.4) is 0 Å². The minimum absolute atomic E-state index is 0.156. The molecule has 2 atom stereocenters. The van der Waals surface area contributed by atoms with Crippen molar-refractivity contribution in [1.82, 2.24) is 4.31 Å². The second-order valence-corrected chi connectivity index (χ2v) is 6.59. The number of hydrogen-bond acceptors (Lipinski definition) is 4. The van der Waals surface area contributed by atoms with Crippen molar-refractivity contribution in [2.45, 2.75) is 26.1 Å². The largest absolute Gasteiger partial charge is 0.399 e. The third-order valence-corrected chi connectivity index (χ3v) is 4.41. The van der Waals surface area contributed by atoms with Crippen LogP contribution in [0.15, 0.2) is 18.2 Å². The summed E-state index contributed by atoms with van der Waals surface area (Å²) in [5, 5.41) is 0. The Hall–Kier alpha value is -1.38. The van der Waals surface area contributed by atoms with E-state index in [2.05, 4.69) is 4.72 Å². The lowest BCUT2D eigenvalue weighted by atomic mass is 10.3. The first-order chi connectivity index (χ1) is 9.28. The molecule has 0 aromatic heterocycles. The molecule has 1 aromatic rings. The van der Waals surface area contributed by atoms with Gasteiger partial charge in [-0.1, -0.05) is 0 Å². The van der Waals surface area contributed by atoms with Crippen molar-refractivity contribution >= 4 is 21.6 Å². The van der Waals surface area contributed by atoms with E-state index >= 15 is 0 Å². The van der Waals surface area contributed by atoms with E-state index in [1.165, 1.54) is 16.4 Å². The highest BCUT2D eigenvalue weighted by atomic mass is 32.2. The molecule has 1 aromatic carbocycles. The summed E-state index contributed by atoms with van der Waals surface area (Å²) in [7, 11) is -3.83. The second kappa shape index (κ2) is 5.55. The number of rotatable bonds is 3. The van der Waals surface area contributed by atoms with Gasteiger partial charge >= 0.3 is 10.2 Å². The highest BCUT2D eigenvalue weighted by Crippen LogP contribution is 2.21. The maximum atomic E-state index is 13.6. The number of halogens is 1. The standard InChI is InChI=1S/C12H18FN3O3S/c1-8-6-16(7-9(2)19-8)20(17,18)15-12-5-10(14)3-4-11(12)13/h3-5,8-9,15H,6-7,14H2,1-2H3. The van der Waals surface area contributed by atoms with Gasteiger partial charge in [-0.15, -0.1) is 0 Å². The van der Waals surface area contributed by atoms with E-state index in [9.17, 15) is 12.8 Å². The molecule has 8 heteroatoms. The van der Waals surface area contributed by atoms with Crippen molar-refractivity contribution in [3.05, 3.63) is 24.0 Å². The monoisotopic (exact) mass is 303 g/mol. The summed E-state index contributed by atoms with van der Waals surface area (Å²) in [6, 6.07) is 3.74. The molecule has 2 unspecified atom stereocenters. The van der Waals surface area contributed by atoms with Crippen LogP contribution in [0.2, 0.25) is 0 Å². The van der Waals surface area contributed by atoms with Crippen molar-refractivity contribution in [2.75, 3.05) is 23.5 Å². The first-order valence-corrected chi connectivity index (χ1v) is 7.70. The molecule has 0 aliphatic carbocycles. The molecular formula is C12H18FN3O3S. The fourth-order valence-electron chi connectivity index (χ4n) is 2.15. The molecule has 6 nitrogen and oxygen atoms in total. The first kappa shape index (κ1) is 15.0. The number of nitrogens with zero attached hydrogens (tertiary/aromatic N) is 1. The molecule has 2 rings (SSSR count). The summed E-state index contributed by atoms with van der Waals surface area (Å²) in [5.74, 6) is -0.669. The Morgan fingerprint density at radius 3 is 2.55 bits per heavy atom. The average Bonchev–Trinajstić information content (AvgIpc) is 2.32. The van der Waals surface area contributed by atoms with Crippen molar-refractivity contribution in [1.29, 1.82) is 0 Å². The van der Waals surface area contributed by atoms with E-state index in [1.54, 1.807) is 13.8 Å². The van der Waals surface area contributed by atoms with Crippen LogP contribution in [-0.2, 0) is 14.9 Å². The fourth-order valence-corrected chi connectivity index (χ4v) is 3.53. The summed E-state index contributed by atoms with van der Waals surface area (Å²) < 4.78 is 47.1. The third-order valence-electron chi connectivity index (χ3n) is 2.96. The van der Waals surface area contributed by atoms with Gasteiger partial charge in [0.2, 0.25) is 0 Å². The van der Waals surface area contributed by atoms with Gasteiger partial charge in [0.25, 0.3) is 0 Å². The molecule has 1 saturated heterocycles. The van der Waals surface area contributed by atoms with Gasteiger partial charge in [0.15, 0.2) is 0 Å².